The van der Waals surface area contributed by atoms with E-state index >= 15 is 4.39 Å². The van der Waals surface area contributed by atoms with E-state index in [1.54, 1.807) is 25.7 Å². The number of nitrogens with zero attached hydrogens (tertiary/aromatic N) is 3. The molecule has 1 atom stereocenters. The van der Waals surface area contributed by atoms with Crippen LogP contribution >= 0.6 is 0 Å². The topological polar surface area (TPSA) is 129 Å². The largest absolute Gasteiger partial charge is 0.469 e. The molecule has 1 N–H and O–H groups in total. The fourth-order valence-electron chi connectivity index (χ4n) is 4.75. The molecule has 1 aromatic carbocycles. The Bertz CT molecular complexity index is 1270. The molecule has 38 heavy (non-hydrogen) atoms. The van der Waals surface area contributed by atoms with Gasteiger partial charge in [-0.15, -0.1) is 0 Å². The maximum atomic E-state index is 15.4. The first-order valence-electron chi connectivity index (χ1n) is 12.4. The van der Waals surface area contributed by atoms with Gasteiger partial charge in [-0.3, -0.25) is 18.7 Å². The molecule has 0 saturated carbocycles. The molecule has 1 unspecified atom stereocenters. The van der Waals surface area contributed by atoms with Crippen LogP contribution in [0.5, 0.6) is 0 Å². The predicted molar refractivity (Wildman–Crippen MR) is 136 cm³/mol. The van der Waals surface area contributed by atoms with Crippen molar-refractivity contribution in [1.29, 1.82) is 0 Å². The van der Waals surface area contributed by atoms with E-state index in [0.29, 0.717) is 5.52 Å². The first-order chi connectivity index (χ1) is 17.7. The fraction of sp³-hybridized carbons (Fsp3) is 0.615. The summed E-state index contributed by atoms with van der Waals surface area (Å²) in [5, 5.41) is 10.9. The van der Waals surface area contributed by atoms with E-state index in [1.807, 2.05) is 0 Å². The second-order valence-electron chi connectivity index (χ2n) is 10.6. The molecule has 1 saturated heterocycles. The summed E-state index contributed by atoms with van der Waals surface area (Å²) >= 11 is 0. The lowest BCUT2D eigenvalue weighted by molar-refractivity contribution is -0.161. The first kappa shape index (κ1) is 29.2. The molecule has 0 amide bonds. The Balaban J connectivity index is 1.88. The number of esters is 3. The highest BCUT2D eigenvalue weighted by Crippen LogP contribution is 2.33. The van der Waals surface area contributed by atoms with Gasteiger partial charge < -0.3 is 24.2 Å². The number of aromatic nitrogens is 2. The summed E-state index contributed by atoms with van der Waals surface area (Å²) < 4.78 is 32.7. The van der Waals surface area contributed by atoms with Gasteiger partial charge in [0.1, 0.15) is 17.5 Å². The Labute approximate surface area is 220 Å². The average Bonchev–Trinajstić information content (AvgIpc) is 3.06. The van der Waals surface area contributed by atoms with Crippen LogP contribution in [0.25, 0.3) is 11.0 Å². The number of halogens is 1. The fourth-order valence-corrected chi connectivity index (χ4v) is 4.75. The zero-order valence-electron chi connectivity index (χ0n) is 22.7. The van der Waals surface area contributed by atoms with Crippen LogP contribution in [0.3, 0.4) is 0 Å². The van der Waals surface area contributed by atoms with Crippen molar-refractivity contribution in [1.82, 2.24) is 9.13 Å². The number of fused-ring (bicyclic) bond motifs is 1. The molecule has 12 heteroatoms. The molecule has 210 valence electrons. The van der Waals surface area contributed by atoms with Gasteiger partial charge in [-0.2, -0.15) is 0 Å². The lowest BCUT2D eigenvalue weighted by Crippen LogP contribution is -2.46. The molecular weight excluding hydrogens is 501 g/mol. The third-order valence-corrected chi connectivity index (χ3v) is 6.72. The van der Waals surface area contributed by atoms with Gasteiger partial charge in [0.25, 0.3) is 0 Å². The van der Waals surface area contributed by atoms with Crippen LogP contribution < -0.4 is 10.6 Å². The summed E-state index contributed by atoms with van der Waals surface area (Å²) in [4.78, 5) is 51.3. The van der Waals surface area contributed by atoms with Crippen molar-refractivity contribution in [2.24, 2.45) is 7.05 Å². The molecule has 0 aliphatic carbocycles. The third-order valence-electron chi connectivity index (χ3n) is 6.72. The van der Waals surface area contributed by atoms with Crippen molar-refractivity contribution in [3.05, 3.63) is 28.4 Å². The molecule has 0 radical (unpaired) electrons. The molecule has 0 spiro atoms. The highest BCUT2D eigenvalue weighted by molar-refractivity contribution is 5.84. The third kappa shape index (κ3) is 6.35. The maximum Gasteiger partial charge on any atom is 0.329 e. The average molecular weight is 538 g/mol. The smallest absolute Gasteiger partial charge is 0.329 e. The van der Waals surface area contributed by atoms with Gasteiger partial charge in [0.05, 0.1) is 43.0 Å². The summed E-state index contributed by atoms with van der Waals surface area (Å²) in [5.41, 5.74) is -1.70. The predicted octanol–water partition coefficient (Wildman–Crippen LogP) is 2.21. The highest BCUT2D eigenvalue weighted by atomic mass is 19.1. The summed E-state index contributed by atoms with van der Waals surface area (Å²) in [7, 11) is 3.89. The zero-order valence-corrected chi connectivity index (χ0v) is 22.7. The van der Waals surface area contributed by atoms with Crippen molar-refractivity contribution in [3.63, 3.8) is 0 Å². The number of aliphatic hydroxyl groups is 1. The number of imidazole rings is 1. The molecule has 1 fully saturated rings. The van der Waals surface area contributed by atoms with Gasteiger partial charge >= 0.3 is 23.6 Å². The summed E-state index contributed by atoms with van der Waals surface area (Å²) in [6, 6.07) is 1.55. The molecule has 2 heterocycles. The van der Waals surface area contributed by atoms with Crippen LogP contribution in [-0.2, 0) is 35.6 Å². The molecule has 2 aromatic rings. The van der Waals surface area contributed by atoms with Crippen LogP contribution in [0.15, 0.2) is 16.9 Å². The van der Waals surface area contributed by atoms with Crippen LogP contribution in [0.2, 0.25) is 0 Å². The Morgan fingerprint density at radius 1 is 1.08 bits per heavy atom. The van der Waals surface area contributed by atoms with E-state index in [-0.39, 0.29) is 56.4 Å². The number of hydrogen-bond donors (Lipinski definition) is 1. The molecule has 0 bridgehead atoms. The quantitative estimate of drug-likeness (QED) is 0.398. The number of piperidine rings is 1. The SMILES string of the molecule is COC(=O)CCC(C(=O)OC)n1c(=O)n(C)c2cc(N3CCC(O)(CC(=O)OC(C)(C)C)CC3)c(F)cc21. The number of hydrogen-bond acceptors (Lipinski definition) is 9. The van der Waals surface area contributed by atoms with E-state index in [2.05, 4.69) is 4.74 Å². The Kier molecular flexibility index (Phi) is 8.55. The molecule has 3 rings (SSSR count). The van der Waals surface area contributed by atoms with Crippen LogP contribution in [0.4, 0.5) is 10.1 Å². The second-order valence-corrected chi connectivity index (χ2v) is 10.6. The monoisotopic (exact) mass is 537 g/mol. The summed E-state index contributed by atoms with van der Waals surface area (Å²) in [6.07, 6.45) is 0.0877. The number of benzene rings is 1. The van der Waals surface area contributed by atoms with Gasteiger partial charge in [0.2, 0.25) is 0 Å². The number of anilines is 1. The number of carbonyl (C=O) groups is 3. The molecule has 1 aromatic heterocycles. The summed E-state index contributed by atoms with van der Waals surface area (Å²) in [5.74, 6) is -2.42. The zero-order chi connectivity index (χ0) is 28.4. The van der Waals surface area contributed by atoms with Crippen LogP contribution in [0, 0.1) is 5.82 Å². The standard InChI is InChI=1S/C26H36FN3O8/c1-25(2,3)38-22(32)15-26(35)9-11-29(12-10-26)18-14-19-20(13-16(18)27)30(24(34)28(19)4)17(23(33)37-6)7-8-21(31)36-5/h13-14,17,35H,7-12,15H2,1-6H3. The highest BCUT2D eigenvalue weighted by Gasteiger charge is 2.37. The molecular formula is C26H36FN3O8. The van der Waals surface area contributed by atoms with Crippen molar-refractivity contribution < 1.29 is 38.1 Å². The van der Waals surface area contributed by atoms with E-state index in [4.69, 9.17) is 9.47 Å². The summed E-state index contributed by atoms with van der Waals surface area (Å²) in [6.45, 7) is 5.82. The van der Waals surface area contributed by atoms with Crippen molar-refractivity contribution in [2.75, 3.05) is 32.2 Å². The Hall–Kier alpha value is -3.41. The van der Waals surface area contributed by atoms with Gasteiger partial charge in [-0.25, -0.2) is 14.0 Å². The van der Waals surface area contributed by atoms with E-state index in [1.165, 1.54) is 38.0 Å². The maximum absolute atomic E-state index is 15.4. The molecule has 11 nitrogen and oxygen atoms in total. The van der Waals surface area contributed by atoms with E-state index < -0.39 is 46.7 Å². The second kappa shape index (κ2) is 11.1. The van der Waals surface area contributed by atoms with Crippen LogP contribution in [-0.4, -0.2) is 70.7 Å². The number of rotatable bonds is 8. The molecule has 1 aliphatic rings. The number of carbonyl (C=O) groups excluding carboxylic acids is 3. The minimum Gasteiger partial charge on any atom is -0.469 e. The van der Waals surface area contributed by atoms with Crippen molar-refractivity contribution >= 4 is 34.6 Å². The molecule has 1 aliphatic heterocycles. The number of aryl methyl sites for hydroxylation is 1. The van der Waals surface area contributed by atoms with Crippen molar-refractivity contribution in [2.45, 2.75) is 70.1 Å². The van der Waals surface area contributed by atoms with Gasteiger partial charge in [0.15, 0.2) is 0 Å². The Morgan fingerprint density at radius 2 is 1.71 bits per heavy atom. The first-order valence-corrected chi connectivity index (χ1v) is 12.4. The Morgan fingerprint density at radius 3 is 2.26 bits per heavy atom. The van der Waals surface area contributed by atoms with Crippen LogP contribution in [0.1, 0.15) is 58.9 Å². The lowest BCUT2D eigenvalue weighted by Gasteiger charge is -2.39. The normalized spacial score (nSPS) is 16.3. The minimum atomic E-state index is -1.26. The number of ether oxygens (including phenoxy) is 3. The van der Waals surface area contributed by atoms with E-state index in [9.17, 15) is 24.3 Å². The van der Waals surface area contributed by atoms with Gasteiger partial charge in [-0.1, -0.05) is 0 Å². The minimum absolute atomic E-state index is 0.0654. The van der Waals surface area contributed by atoms with E-state index in [0.717, 1.165) is 4.57 Å². The lowest BCUT2D eigenvalue weighted by atomic mass is 9.88. The van der Waals surface area contributed by atoms with Gasteiger partial charge in [0, 0.05) is 32.6 Å². The van der Waals surface area contributed by atoms with Crippen molar-refractivity contribution in [3.8, 4) is 0 Å². The van der Waals surface area contributed by atoms with Gasteiger partial charge in [-0.05, 0) is 46.1 Å². The number of methoxy groups -OCH3 is 2.